The van der Waals surface area contributed by atoms with Gasteiger partial charge in [0, 0.05) is 17.3 Å². The number of para-hydroxylation sites is 2. The molecule has 4 aromatic rings. The first-order valence-corrected chi connectivity index (χ1v) is 12.9. The van der Waals surface area contributed by atoms with E-state index in [2.05, 4.69) is 121 Å². The van der Waals surface area contributed by atoms with Crippen molar-refractivity contribution in [3.63, 3.8) is 0 Å². The van der Waals surface area contributed by atoms with Crippen molar-refractivity contribution in [3.05, 3.63) is 137 Å². The standard InChI is InChI=1S/C34H29N/c1-2-8-23-13-14-26-20-27-16-15-24(21-31(27)30(26)19-23)25-17-18-34-32(22-25)29-11-6-7-12-33(29)35(34)28-9-4-3-5-10-28/h3-7,9-19,21-22,32,34H,2,8,20H2,1H3. The molecule has 4 aromatic carbocycles. The second kappa shape index (κ2) is 8.13. The number of allylic oxidation sites excluding steroid dienone is 2. The second-order valence-corrected chi connectivity index (χ2v) is 10.1. The van der Waals surface area contributed by atoms with Gasteiger partial charge in [0.05, 0.1) is 6.04 Å². The Hall–Kier alpha value is -3.84. The smallest absolute Gasteiger partial charge is 0.0630 e. The highest BCUT2D eigenvalue weighted by Crippen LogP contribution is 2.49. The molecule has 0 saturated heterocycles. The van der Waals surface area contributed by atoms with Crippen molar-refractivity contribution in [2.24, 2.45) is 0 Å². The molecule has 0 N–H and O–H groups in total. The highest BCUT2D eigenvalue weighted by molar-refractivity contribution is 5.86. The van der Waals surface area contributed by atoms with E-state index in [1.54, 1.807) is 0 Å². The maximum atomic E-state index is 2.50. The predicted octanol–water partition coefficient (Wildman–Crippen LogP) is 8.47. The molecule has 1 heterocycles. The van der Waals surface area contributed by atoms with Crippen molar-refractivity contribution < 1.29 is 0 Å². The third-order valence-corrected chi connectivity index (χ3v) is 7.92. The zero-order chi connectivity index (χ0) is 23.4. The number of anilines is 2. The molecule has 0 amide bonds. The van der Waals surface area contributed by atoms with Gasteiger partial charge in [0.1, 0.15) is 0 Å². The van der Waals surface area contributed by atoms with Crippen LogP contribution in [0, 0.1) is 0 Å². The van der Waals surface area contributed by atoms with Gasteiger partial charge in [-0.2, -0.15) is 0 Å². The third-order valence-electron chi connectivity index (χ3n) is 7.92. The molecule has 0 saturated carbocycles. The van der Waals surface area contributed by atoms with Crippen LogP contribution in [-0.4, -0.2) is 6.04 Å². The molecule has 1 aliphatic heterocycles. The molecule has 1 nitrogen and oxygen atoms in total. The lowest BCUT2D eigenvalue weighted by Gasteiger charge is -2.29. The van der Waals surface area contributed by atoms with Crippen molar-refractivity contribution in [3.8, 4) is 11.1 Å². The number of hydrogen-bond acceptors (Lipinski definition) is 1. The Balaban J connectivity index is 1.28. The fourth-order valence-electron chi connectivity index (χ4n) is 6.27. The van der Waals surface area contributed by atoms with E-state index >= 15 is 0 Å². The van der Waals surface area contributed by atoms with E-state index in [-0.39, 0.29) is 0 Å². The fraction of sp³-hybridized carbons (Fsp3) is 0.176. The van der Waals surface area contributed by atoms with Gasteiger partial charge in [-0.25, -0.2) is 0 Å². The Bertz CT molecular complexity index is 1490. The van der Waals surface area contributed by atoms with Crippen LogP contribution in [0.15, 0.2) is 109 Å². The summed E-state index contributed by atoms with van der Waals surface area (Å²) in [6.45, 7) is 2.26. The van der Waals surface area contributed by atoms with Crippen LogP contribution in [0.25, 0.3) is 16.7 Å². The summed E-state index contributed by atoms with van der Waals surface area (Å²) in [5.41, 5.74) is 13.9. The molecule has 3 aliphatic rings. The molecule has 0 spiro atoms. The van der Waals surface area contributed by atoms with Gasteiger partial charge in [-0.05, 0) is 81.6 Å². The van der Waals surface area contributed by atoms with E-state index in [4.69, 9.17) is 0 Å². The molecular weight excluding hydrogens is 422 g/mol. The van der Waals surface area contributed by atoms with Gasteiger partial charge in [-0.15, -0.1) is 0 Å². The van der Waals surface area contributed by atoms with Gasteiger partial charge < -0.3 is 4.90 Å². The molecule has 1 heteroatoms. The number of benzene rings is 4. The van der Waals surface area contributed by atoms with Gasteiger partial charge in [0.15, 0.2) is 0 Å². The van der Waals surface area contributed by atoms with Gasteiger partial charge in [0.2, 0.25) is 0 Å². The van der Waals surface area contributed by atoms with Crippen LogP contribution in [0.2, 0.25) is 0 Å². The zero-order valence-corrected chi connectivity index (χ0v) is 20.1. The van der Waals surface area contributed by atoms with E-state index in [1.807, 2.05) is 0 Å². The molecule has 0 radical (unpaired) electrons. The summed E-state index contributed by atoms with van der Waals surface area (Å²) in [5, 5.41) is 0. The summed E-state index contributed by atoms with van der Waals surface area (Å²) in [4.78, 5) is 2.50. The lowest BCUT2D eigenvalue weighted by Crippen LogP contribution is -2.28. The van der Waals surface area contributed by atoms with Crippen molar-refractivity contribution in [2.45, 2.75) is 38.1 Å². The van der Waals surface area contributed by atoms with E-state index in [0.29, 0.717) is 12.0 Å². The van der Waals surface area contributed by atoms with Gasteiger partial charge >= 0.3 is 0 Å². The number of rotatable bonds is 4. The van der Waals surface area contributed by atoms with Crippen LogP contribution >= 0.6 is 0 Å². The maximum absolute atomic E-state index is 2.50. The lowest BCUT2D eigenvalue weighted by molar-refractivity contribution is 0.747. The number of hydrogen-bond donors (Lipinski definition) is 0. The second-order valence-electron chi connectivity index (χ2n) is 10.1. The average Bonchev–Trinajstić information content (AvgIpc) is 3.44. The Morgan fingerprint density at radius 1 is 0.800 bits per heavy atom. The minimum atomic E-state index is 0.310. The van der Waals surface area contributed by atoms with Crippen LogP contribution in [0.4, 0.5) is 11.4 Å². The number of aryl methyl sites for hydroxylation is 1. The van der Waals surface area contributed by atoms with E-state index in [0.717, 1.165) is 12.8 Å². The van der Waals surface area contributed by atoms with E-state index in [9.17, 15) is 0 Å². The number of fused-ring (bicyclic) bond motifs is 6. The molecule has 7 rings (SSSR count). The average molecular weight is 452 g/mol. The highest BCUT2D eigenvalue weighted by Gasteiger charge is 2.38. The quantitative estimate of drug-likeness (QED) is 0.265. The molecule has 0 fully saturated rings. The molecule has 2 aliphatic carbocycles. The summed E-state index contributed by atoms with van der Waals surface area (Å²) < 4.78 is 0. The first-order chi connectivity index (χ1) is 17.3. The maximum Gasteiger partial charge on any atom is 0.0630 e. The Morgan fingerprint density at radius 2 is 1.57 bits per heavy atom. The monoisotopic (exact) mass is 451 g/mol. The van der Waals surface area contributed by atoms with Gasteiger partial charge in [-0.3, -0.25) is 0 Å². The van der Waals surface area contributed by atoms with Crippen LogP contribution < -0.4 is 4.90 Å². The third kappa shape index (κ3) is 3.30. The first kappa shape index (κ1) is 20.5. The highest BCUT2D eigenvalue weighted by atomic mass is 15.2. The Kier molecular flexibility index (Phi) is 4.77. The van der Waals surface area contributed by atoms with Crippen LogP contribution in [0.5, 0.6) is 0 Å². The van der Waals surface area contributed by atoms with Crippen molar-refractivity contribution in [2.75, 3.05) is 4.90 Å². The minimum Gasteiger partial charge on any atom is -0.333 e. The van der Waals surface area contributed by atoms with Crippen LogP contribution in [0.3, 0.4) is 0 Å². The van der Waals surface area contributed by atoms with E-state index in [1.165, 1.54) is 62.3 Å². The van der Waals surface area contributed by atoms with Crippen molar-refractivity contribution in [1.29, 1.82) is 0 Å². The lowest BCUT2D eigenvalue weighted by atomic mass is 9.85. The molecule has 35 heavy (non-hydrogen) atoms. The summed E-state index contributed by atoms with van der Waals surface area (Å²) >= 11 is 0. The largest absolute Gasteiger partial charge is 0.333 e. The predicted molar refractivity (Wildman–Crippen MR) is 147 cm³/mol. The molecule has 0 bridgehead atoms. The van der Waals surface area contributed by atoms with Crippen molar-refractivity contribution in [1.82, 2.24) is 0 Å². The molecule has 2 atom stereocenters. The molecular formula is C34H29N. The normalized spacial score (nSPS) is 19.1. The summed E-state index contributed by atoms with van der Waals surface area (Å²) in [5.74, 6) is 0.350. The zero-order valence-electron chi connectivity index (χ0n) is 20.1. The van der Waals surface area contributed by atoms with Gasteiger partial charge in [0.25, 0.3) is 0 Å². The topological polar surface area (TPSA) is 3.24 Å². The Morgan fingerprint density at radius 3 is 2.43 bits per heavy atom. The molecule has 0 aromatic heterocycles. The van der Waals surface area contributed by atoms with Crippen LogP contribution in [0.1, 0.15) is 47.1 Å². The minimum absolute atomic E-state index is 0.310. The Labute approximate surface area is 208 Å². The number of nitrogens with zero attached hydrogens (tertiary/aromatic N) is 1. The molecule has 2 unspecified atom stereocenters. The summed E-state index contributed by atoms with van der Waals surface area (Å²) in [6.07, 6.45) is 10.6. The molecule has 170 valence electrons. The summed E-state index contributed by atoms with van der Waals surface area (Å²) in [6, 6.07) is 34.2. The fourth-order valence-corrected chi connectivity index (χ4v) is 6.27. The first-order valence-electron chi connectivity index (χ1n) is 12.9. The van der Waals surface area contributed by atoms with Crippen LogP contribution in [-0.2, 0) is 12.8 Å². The summed E-state index contributed by atoms with van der Waals surface area (Å²) in [7, 11) is 0. The van der Waals surface area contributed by atoms with E-state index < -0.39 is 0 Å². The SMILES string of the molecule is CCCc1ccc2c(c1)-c1cc(C3=CC4c5ccccc5N(c5ccccc5)C4C=C3)ccc1C2. The van der Waals surface area contributed by atoms with Crippen molar-refractivity contribution >= 4 is 16.9 Å². The van der Waals surface area contributed by atoms with Gasteiger partial charge in [-0.1, -0.05) is 98.3 Å².